The Morgan fingerprint density at radius 2 is 1.69 bits per heavy atom. The van der Waals surface area contributed by atoms with E-state index in [-0.39, 0.29) is 13.2 Å². The zero-order valence-corrected chi connectivity index (χ0v) is 19.7. The Hall–Kier alpha value is -3.28. The first-order valence-corrected chi connectivity index (χ1v) is 11.5. The summed E-state index contributed by atoms with van der Waals surface area (Å²) in [5, 5.41) is 9.55. The molecule has 0 aromatic heterocycles. The van der Waals surface area contributed by atoms with Crippen LogP contribution in [0.1, 0.15) is 35.1 Å². The highest BCUT2D eigenvalue weighted by Gasteiger charge is 2.38. The van der Waals surface area contributed by atoms with Gasteiger partial charge in [-0.1, -0.05) is 24.3 Å². The third-order valence-electron chi connectivity index (χ3n) is 6.83. The van der Waals surface area contributed by atoms with Crippen LogP contribution in [-0.2, 0) is 22.9 Å². The average Bonchev–Trinajstić information content (AvgIpc) is 2.85. The highest BCUT2D eigenvalue weighted by molar-refractivity contribution is 5.66. The first-order valence-electron chi connectivity index (χ1n) is 11.5. The minimum Gasteiger partial charge on any atom is -0.376 e. The summed E-state index contributed by atoms with van der Waals surface area (Å²) in [5.74, 6) is -1.27. The van der Waals surface area contributed by atoms with Gasteiger partial charge in [-0.05, 0) is 85.6 Å². The van der Waals surface area contributed by atoms with Crippen molar-refractivity contribution in [1.82, 2.24) is 4.90 Å². The molecule has 0 N–H and O–H groups in total. The molecule has 1 saturated heterocycles. The van der Waals surface area contributed by atoms with Crippen molar-refractivity contribution in [1.29, 1.82) is 5.26 Å². The normalized spacial score (nSPS) is 16.0. The van der Waals surface area contributed by atoms with Gasteiger partial charge in [-0.2, -0.15) is 18.4 Å². The molecule has 4 rings (SSSR count). The van der Waals surface area contributed by atoms with Gasteiger partial charge >= 0.3 is 6.18 Å². The van der Waals surface area contributed by atoms with Crippen LogP contribution in [-0.4, -0.2) is 31.6 Å². The molecule has 3 nitrogen and oxygen atoms in total. The van der Waals surface area contributed by atoms with Crippen LogP contribution >= 0.6 is 0 Å². The third-order valence-corrected chi connectivity index (χ3v) is 6.83. The molecular weight excluding hydrogens is 475 g/mol. The summed E-state index contributed by atoms with van der Waals surface area (Å²) in [6, 6.07) is 15.5. The summed E-state index contributed by atoms with van der Waals surface area (Å²) in [4.78, 5) is 2.13. The standard InChI is InChI=1S/C28H25F5N2O/c1-35-11-9-27(10-12-35,25-8-7-24(29)15-26(25)30)18-36-17-22-13-20(5-6-21(22)16-34)19-3-2-4-23(14-19)28(31,32)33/h2-8,13-15H,9-12,17-18H2,1H3. The van der Waals surface area contributed by atoms with Gasteiger partial charge in [0.05, 0.1) is 30.4 Å². The van der Waals surface area contributed by atoms with Gasteiger partial charge in [0.1, 0.15) is 11.6 Å². The predicted molar refractivity (Wildman–Crippen MR) is 126 cm³/mol. The van der Waals surface area contributed by atoms with Gasteiger partial charge in [0.25, 0.3) is 0 Å². The van der Waals surface area contributed by atoms with Gasteiger partial charge in [-0.3, -0.25) is 0 Å². The molecule has 0 aliphatic carbocycles. The number of likely N-dealkylation sites (tertiary alicyclic amines) is 1. The van der Waals surface area contributed by atoms with Crippen LogP contribution in [0.4, 0.5) is 22.0 Å². The Labute approximate surface area is 206 Å². The van der Waals surface area contributed by atoms with Gasteiger partial charge in [0.2, 0.25) is 0 Å². The van der Waals surface area contributed by atoms with E-state index in [1.165, 1.54) is 18.2 Å². The SMILES string of the molecule is CN1CCC(COCc2cc(-c3cccc(C(F)(F)F)c3)ccc2C#N)(c2ccc(F)cc2F)CC1. The van der Waals surface area contributed by atoms with Gasteiger partial charge in [0.15, 0.2) is 0 Å². The summed E-state index contributed by atoms with van der Waals surface area (Å²) in [5.41, 5.74) is 0.748. The second-order valence-corrected chi connectivity index (χ2v) is 9.26. The maximum atomic E-state index is 14.8. The molecule has 0 spiro atoms. The fourth-order valence-corrected chi connectivity index (χ4v) is 4.69. The van der Waals surface area contributed by atoms with Gasteiger partial charge in [0, 0.05) is 11.5 Å². The summed E-state index contributed by atoms with van der Waals surface area (Å²) in [7, 11) is 1.98. The number of benzene rings is 3. The first kappa shape index (κ1) is 25.8. The maximum Gasteiger partial charge on any atom is 0.416 e. The van der Waals surface area contributed by atoms with Crippen molar-refractivity contribution in [3.8, 4) is 17.2 Å². The predicted octanol–water partition coefficient (Wildman–Crippen LogP) is 6.70. The zero-order valence-electron chi connectivity index (χ0n) is 19.7. The van der Waals surface area contributed by atoms with Crippen molar-refractivity contribution in [3.05, 3.63) is 94.6 Å². The van der Waals surface area contributed by atoms with Crippen LogP contribution in [0.2, 0.25) is 0 Å². The van der Waals surface area contributed by atoms with Crippen LogP contribution in [0.3, 0.4) is 0 Å². The first-order chi connectivity index (χ1) is 17.1. The minimum atomic E-state index is -4.47. The molecule has 1 fully saturated rings. The number of halogens is 5. The molecule has 8 heteroatoms. The fourth-order valence-electron chi connectivity index (χ4n) is 4.69. The number of nitriles is 1. The summed E-state index contributed by atoms with van der Waals surface area (Å²) in [6.45, 7) is 1.61. The molecule has 0 amide bonds. The van der Waals surface area contributed by atoms with E-state index in [2.05, 4.69) is 11.0 Å². The average molecular weight is 501 g/mol. The Bertz CT molecular complexity index is 1270. The van der Waals surface area contributed by atoms with E-state index in [9.17, 15) is 27.2 Å². The molecule has 0 atom stereocenters. The fraction of sp³-hybridized carbons (Fsp3) is 0.321. The molecule has 1 aliphatic heterocycles. The Morgan fingerprint density at radius 3 is 2.36 bits per heavy atom. The lowest BCUT2D eigenvalue weighted by Gasteiger charge is -2.41. The molecule has 36 heavy (non-hydrogen) atoms. The third kappa shape index (κ3) is 5.58. The molecule has 188 valence electrons. The maximum absolute atomic E-state index is 14.8. The quantitative estimate of drug-likeness (QED) is 0.353. The number of nitrogens with zero attached hydrogens (tertiary/aromatic N) is 2. The Morgan fingerprint density at radius 1 is 0.972 bits per heavy atom. The monoisotopic (exact) mass is 500 g/mol. The van der Waals surface area contributed by atoms with Crippen LogP contribution in [0.15, 0.2) is 60.7 Å². The van der Waals surface area contributed by atoms with E-state index < -0.39 is 28.8 Å². The molecule has 0 radical (unpaired) electrons. The lowest BCUT2D eigenvalue weighted by atomic mass is 9.73. The summed E-state index contributed by atoms with van der Waals surface area (Å²) >= 11 is 0. The van der Waals surface area contributed by atoms with Gasteiger partial charge < -0.3 is 9.64 Å². The molecule has 0 unspecified atom stereocenters. The van der Waals surface area contributed by atoms with Gasteiger partial charge in [-0.25, -0.2) is 8.78 Å². The van der Waals surface area contributed by atoms with Crippen molar-refractivity contribution in [2.75, 3.05) is 26.7 Å². The number of alkyl halides is 3. The number of piperidine rings is 1. The summed E-state index contributed by atoms with van der Waals surface area (Å²) < 4.78 is 73.8. The zero-order chi connectivity index (χ0) is 25.9. The van der Waals surface area contributed by atoms with E-state index >= 15 is 0 Å². The topological polar surface area (TPSA) is 36.3 Å². The van der Waals surface area contributed by atoms with Crippen LogP contribution in [0.25, 0.3) is 11.1 Å². The smallest absolute Gasteiger partial charge is 0.376 e. The Balaban J connectivity index is 1.58. The van der Waals surface area contributed by atoms with E-state index in [0.717, 1.165) is 18.2 Å². The highest BCUT2D eigenvalue weighted by Crippen LogP contribution is 2.38. The lowest BCUT2D eigenvalue weighted by Crippen LogP contribution is -2.44. The second kappa shape index (κ2) is 10.4. The Kier molecular flexibility index (Phi) is 7.43. The molecule has 3 aromatic carbocycles. The van der Waals surface area contributed by atoms with Crippen LogP contribution in [0.5, 0.6) is 0 Å². The number of hydrogen-bond acceptors (Lipinski definition) is 3. The number of ether oxygens (including phenoxy) is 1. The molecule has 1 aliphatic rings. The van der Waals surface area contributed by atoms with Crippen molar-refractivity contribution in [2.45, 2.75) is 31.0 Å². The van der Waals surface area contributed by atoms with Crippen molar-refractivity contribution >= 4 is 0 Å². The number of hydrogen-bond donors (Lipinski definition) is 0. The summed E-state index contributed by atoms with van der Waals surface area (Å²) in [6.07, 6.45) is -3.24. The van der Waals surface area contributed by atoms with Crippen molar-refractivity contribution in [3.63, 3.8) is 0 Å². The molecule has 3 aromatic rings. The van der Waals surface area contributed by atoms with Gasteiger partial charge in [-0.15, -0.1) is 0 Å². The van der Waals surface area contributed by atoms with E-state index in [0.29, 0.717) is 53.7 Å². The van der Waals surface area contributed by atoms with E-state index in [4.69, 9.17) is 4.74 Å². The molecule has 0 bridgehead atoms. The van der Waals surface area contributed by atoms with E-state index in [1.54, 1.807) is 24.3 Å². The van der Waals surface area contributed by atoms with Crippen LogP contribution in [0, 0.1) is 23.0 Å². The van der Waals surface area contributed by atoms with Crippen molar-refractivity contribution < 1.29 is 26.7 Å². The lowest BCUT2D eigenvalue weighted by molar-refractivity contribution is -0.137. The molecule has 1 heterocycles. The molecule has 0 saturated carbocycles. The van der Waals surface area contributed by atoms with Crippen molar-refractivity contribution in [2.24, 2.45) is 0 Å². The van der Waals surface area contributed by atoms with E-state index in [1.807, 2.05) is 7.05 Å². The minimum absolute atomic E-state index is 0.0239. The van der Waals surface area contributed by atoms with Crippen LogP contribution < -0.4 is 0 Å². The largest absolute Gasteiger partial charge is 0.416 e. The second-order valence-electron chi connectivity index (χ2n) is 9.26. The number of rotatable bonds is 6. The molecular formula is C28H25F5N2O. The highest BCUT2D eigenvalue weighted by atomic mass is 19.4.